The van der Waals surface area contributed by atoms with Gasteiger partial charge >= 0.3 is 6.18 Å². The Kier molecular flexibility index (Phi) is 4.67. The predicted molar refractivity (Wildman–Crippen MR) is 96.1 cm³/mol. The molecule has 4 unspecified atom stereocenters. The van der Waals surface area contributed by atoms with Crippen LogP contribution in [-0.2, 0) is 14.4 Å². The zero-order valence-corrected chi connectivity index (χ0v) is 17.0. The minimum absolute atomic E-state index is 0.0187. The Morgan fingerprint density at radius 3 is 2.14 bits per heavy atom. The molecule has 0 aromatic rings. The van der Waals surface area contributed by atoms with Gasteiger partial charge in [-0.25, -0.2) is 0 Å². The minimum Gasteiger partial charge on any atom is -0.343 e. The molecule has 28 heavy (non-hydrogen) atoms. The van der Waals surface area contributed by atoms with Gasteiger partial charge in [0.15, 0.2) is 0 Å². The van der Waals surface area contributed by atoms with Gasteiger partial charge in [0.2, 0.25) is 11.8 Å². The highest BCUT2D eigenvalue weighted by atomic mass is 19.4. The van der Waals surface area contributed by atoms with Crippen LogP contribution in [0.5, 0.6) is 0 Å². The number of hydrogen-bond donors (Lipinski definition) is 1. The topological polar surface area (TPSA) is 66.5 Å². The van der Waals surface area contributed by atoms with E-state index in [1.54, 1.807) is 20.8 Å². The normalized spacial score (nSPS) is 31.4. The summed E-state index contributed by atoms with van der Waals surface area (Å²) < 4.78 is 40.5. The van der Waals surface area contributed by atoms with Gasteiger partial charge in [-0.05, 0) is 35.5 Å². The molecular formula is C20H29F3N2O3. The molecule has 3 fully saturated rings. The molecule has 4 atom stereocenters. The zero-order valence-electron chi connectivity index (χ0n) is 17.0. The lowest BCUT2D eigenvalue weighted by Gasteiger charge is -2.44. The maximum absolute atomic E-state index is 13.5. The van der Waals surface area contributed by atoms with Gasteiger partial charge in [0, 0.05) is 6.54 Å². The summed E-state index contributed by atoms with van der Waals surface area (Å²) in [5.74, 6) is -1.33. The minimum atomic E-state index is -4.65. The van der Waals surface area contributed by atoms with Crippen LogP contribution in [0.3, 0.4) is 0 Å². The molecule has 3 aliphatic rings. The molecule has 1 heterocycles. The molecule has 3 rings (SSSR count). The van der Waals surface area contributed by atoms with Crippen LogP contribution in [0.25, 0.3) is 0 Å². The number of nitrogens with zero attached hydrogens (tertiary/aromatic N) is 1. The standard InChI is InChI=1S/C20H29F3N2O3/c1-17(2,3)14(24-16(28)19(7-6-8-19)20(21,22)23)15(27)25-9-11-13(12(25)10-26)18(11,4)5/h10-14H,6-9H2,1-5H3,(H,24,28). The van der Waals surface area contributed by atoms with Crippen molar-refractivity contribution < 1.29 is 27.6 Å². The van der Waals surface area contributed by atoms with E-state index in [-0.39, 0.29) is 30.1 Å². The van der Waals surface area contributed by atoms with Gasteiger partial charge in [0.25, 0.3) is 0 Å². The van der Waals surface area contributed by atoms with E-state index in [0.29, 0.717) is 13.0 Å². The number of amides is 2. The summed E-state index contributed by atoms with van der Waals surface area (Å²) >= 11 is 0. The number of halogens is 3. The van der Waals surface area contributed by atoms with Crippen LogP contribution in [0.2, 0.25) is 0 Å². The third-order valence-corrected chi connectivity index (χ3v) is 7.26. The smallest absolute Gasteiger partial charge is 0.343 e. The number of hydrogen-bond acceptors (Lipinski definition) is 3. The summed E-state index contributed by atoms with van der Waals surface area (Å²) in [6, 6.07) is -1.71. The van der Waals surface area contributed by atoms with Crippen molar-refractivity contribution in [1.82, 2.24) is 10.2 Å². The molecule has 2 saturated carbocycles. The van der Waals surface area contributed by atoms with Gasteiger partial charge in [0.05, 0.1) is 6.04 Å². The van der Waals surface area contributed by atoms with Crippen LogP contribution >= 0.6 is 0 Å². The monoisotopic (exact) mass is 402 g/mol. The van der Waals surface area contributed by atoms with E-state index in [9.17, 15) is 27.6 Å². The molecule has 0 aromatic carbocycles. The fourth-order valence-corrected chi connectivity index (χ4v) is 4.99. The number of aldehydes is 1. The lowest BCUT2D eigenvalue weighted by molar-refractivity contribution is -0.243. The van der Waals surface area contributed by atoms with E-state index in [4.69, 9.17) is 0 Å². The molecule has 1 saturated heterocycles. The molecular weight excluding hydrogens is 373 g/mol. The summed E-state index contributed by atoms with van der Waals surface area (Å²) in [5.41, 5.74) is -3.22. The Morgan fingerprint density at radius 1 is 1.18 bits per heavy atom. The molecule has 2 aliphatic carbocycles. The van der Waals surface area contributed by atoms with Crippen molar-refractivity contribution in [2.24, 2.45) is 28.1 Å². The molecule has 1 N–H and O–H groups in total. The van der Waals surface area contributed by atoms with Crippen molar-refractivity contribution in [3.8, 4) is 0 Å². The first-order valence-electron chi connectivity index (χ1n) is 9.82. The number of rotatable bonds is 4. The molecule has 0 spiro atoms. The number of nitrogens with one attached hydrogen (secondary N) is 1. The third kappa shape index (κ3) is 2.94. The van der Waals surface area contributed by atoms with E-state index in [1.807, 2.05) is 13.8 Å². The van der Waals surface area contributed by atoms with Crippen LogP contribution in [-0.4, -0.2) is 47.8 Å². The quantitative estimate of drug-likeness (QED) is 0.736. The van der Waals surface area contributed by atoms with E-state index >= 15 is 0 Å². The summed E-state index contributed by atoms with van der Waals surface area (Å²) in [5, 5.41) is 2.41. The maximum atomic E-state index is 13.5. The van der Waals surface area contributed by atoms with Gasteiger partial charge < -0.3 is 15.0 Å². The summed E-state index contributed by atoms with van der Waals surface area (Å²) in [4.78, 5) is 39.0. The summed E-state index contributed by atoms with van der Waals surface area (Å²) in [6.45, 7) is 9.60. The number of likely N-dealkylation sites (tertiary alicyclic amines) is 1. The second-order valence-corrected chi connectivity index (χ2v) is 10.3. The molecule has 5 nitrogen and oxygen atoms in total. The Balaban J connectivity index is 1.81. The van der Waals surface area contributed by atoms with Gasteiger partial charge in [-0.1, -0.05) is 41.0 Å². The first kappa shape index (κ1) is 21.1. The number of alkyl halides is 3. The SMILES string of the molecule is CC(C)(C)C(NC(=O)C1(C(F)(F)F)CCC1)C(=O)N1CC2C(C1C=O)C2(C)C. The highest BCUT2D eigenvalue weighted by Crippen LogP contribution is 2.64. The van der Waals surface area contributed by atoms with Crippen molar-refractivity contribution >= 4 is 18.1 Å². The van der Waals surface area contributed by atoms with Gasteiger partial charge in [0.1, 0.15) is 17.7 Å². The average Bonchev–Trinajstić information content (AvgIpc) is 2.87. The van der Waals surface area contributed by atoms with Crippen LogP contribution in [0.1, 0.15) is 53.9 Å². The average molecular weight is 402 g/mol. The van der Waals surface area contributed by atoms with E-state index in [1.165, 1.54) is 4.90 Å². The van der Waals surface area contributed by atoms with E-state index in [2.05, 4.69) is 5.32 Å². The van der Waals surface area contributed by atoms with Crippen molar-refractivity contribution in [2.75, 3.05) is 6.54 Å². The van der Waals surface area contributed by atoms with E-state index < -0.39 is 40.9 Å². The Morgan fingerprint density at radius 2 is 1.75 bits per heavy atom. The van der Waals surface area contributed by atoms with Crippen LogP contribution in [0, 0.1) is 28.1 Å². The molecule has 0 radical (unpaired) electrons. The molecule has 1 aliphatic heterocycles. The Labute approximate surface area is 163 Å². The zero-order chi connectivity index (χ0) is 21.3. The summed E-state index contributed by atoms with van der Waals surface area (Å²) in [6.07, 6.45) is -4.08. The van der Waals surface area contributed by atoms with Crippen molar-refractivity contribution in [3.63, 3.8) is 0 Å². The first-order valence-corrected chi connectivity index (χ1v) is 9.82. The number of fused-ring (bicyclic) bond motifs is 1. The number of piperidine rings is 1. The lowest BCUT2D eigenvalue weighted by atomic mass is 9.67. The molecule has 2 amide bonds. The highest BCUT2D eigenvalue weighted by Gasteiger charge is 2.68. The maximum Gasteiger partial charge on any atom is 0.403 e. The van der Waals surface area contributed by atoms with Crippen molar-refractivity contribution in [3.05, 3.63) is 0 Å². The fourth-order valence-electron chi connectivity index (χ4n) is 4.99. The highest BCUT2D eigenvalue weighted by molar-refractivity contribution is 5.93. The molecule has 0 aromatic heterocycles. The van der Waals surface area contributed by atoms with Crippen LogP contribution in [0.4, 0.5) is 13.2 Å². The van der Waals surface area contributed by atoms with Gasteiger partial charge in [-0.3, -0.25) is 9.59 Å². The molecule has 8 heteroatoms. The number of carbonyl (C=O) groups excluding carboxylic acids is 3. The van der Waals surface area contributed by atoms with Crippen LogP contribution in [0.15, 0.2) is 0 Å². The largest absolute Gasteiger partial charge is 0.403 e. The van der Waals surface area contributed by atoms with E-state index in [0.717, 1.165) is 6.29 Å². The second kappa shape index (κ2) is 6.20. The van der Waals surface area contributed by atoms with Crippen molar-refractivity contribution in [2.45, 2.75) is 72.1 Å². The first-order chi connectivity index (χ1) is 12.7. The number of carbonyl (C=O) groups is 3. The second-order valence-electron chi connectivity index (χ2n) is 10.3. The Bertz CT molecular complexity index is 692. The fraction of sp³-hybridized carbons (Fsp3) is 0.850. The summed E-state index contributed by atoms with van der Waals surface area (Å²) in [7, 11) is 0. The Hall–Kier alpha value is -1.60. The third-order valence-electron chi connectivity index (χ3n) is 7.26. The molecule has 158 valence electrons. The predicted octanol–water partition coefficient (Wildman–Crippen LogP) is 2.93. The van der Waals surface area contributed by atoms with Gasteiger partial charge in [-0.2, -0.15) is 13.2 Å². The van der Waals surface area contributed by atoms with Crippen LogP contribution < -0.4 is 5.32 Å². The van der Waals surface area contributed by atoms with Gasteiger partial charge in [-0.15, -0.1) is 0 Å². The molecule has 0 bridgehead atoms. The van der Waals surface area contributed by atoms with Crippen molar-refractivity contribution in [1.29, 1.82) is 0 Å². The lowest BCUT2D eigenvalue weighted by Crippen LogP contribution is -2.62.